The first-order valence-corrected chi connectivity index (χ1v) is 5.46. The lowest BCUT2D eigenvalue weighted by molar-refractivity contribution is -0.188. The molecule has 1 atom stereocenters. The van der Waals surface area contributed by atoms with Crippen LogP contribution in [-0.2, 0) is 10.5 Å². The Morgan fingerprint density at radius 2 is 2.25 bits per heavy atom. The van der Waals surface area contributed by atoms with Crippen LogP contribution >= 0.6 is 11.8 Å². The van der Waals surface area contributed by atoms with E-state index in [9.17, 15) is 18.0 Å². The minimum atomic E-state index is -4.71. The number of carboxylic acids is 1. The number of hydrogen-bond acceptors (Lipinski definition) is 3. The van der Waals surface area contributed by atoms with Crippen LogP contribution in [0.4, 0.5) is 13.2 Å². The Balaban J connectivity index is 2.42. The third-order valence-corrected chi connectivity index (χ3v) is 2.86. The van der Waals surface area contributed by atoms with Gasteiger partial charge in [-0.2, -0.15) is 24.9 Å². The summed E-state index contributed by atoms with van der Waals surface area (Å²) in [6.07, 6.45) is -3.30. The van der Waals surface area contributed by atoms with Crippen molar-refractivity contribution < 1.29 is 27.5 Å². The van der Waals surface area contributed by atoms with Crippen molar-refractivity contribution in [2.75, 3.05) is 5.75 Å². The highest BCUT2D eigenvalue weighted by Gasteiger charge is 2.44. The van der Waals surface area contributed by atoms with Crippen molar-refractivity contribution in [2.45, 2.75) is 11.9 Å². The third-order valence-electron chi connectivity index (χ3n) is 1.80. The first-order valence-electron chi connectivity index (χ1n) is 4.31. The molecule has 0 amide bonds. The average molecular weight is 254 g/mol. The van der Waals surface area contributed by atoms with Crippen molar-refractivity contribution in [1.82, 2.24) is 0 Å². The predicted octanol–water partition coefficient (Wildman–Crippen LogP) is 2.78. The number of carboxylic acid groups (broad SMARTS) is 1. The number of furan rings is 1. The molecule has 1 unspecified atom stereocenters. The molecule has 1 aromatic rings. The molecule has 1 heterocycles. The molecule has 0 spiro atoms. The number of alkyl halides is 3. The van der Waals surface area contributed by atoms with Gasteiger partial charge in [0, 0.05) is 5.75 Å². The van der Waals surface area contributed by atoms with Crippen LogP contribution in [0.25, 0.3) is 0 Å². The summed E-state index contributed by atoms with van der Waals surface area (Å²) in [6.45, 7) is 0. The quantitative estimate of drug-likeness (QED) is 0.877. The molecular formula is C9H9F3O3S. The summed E-state index contributed by atoms with van der Waals surface area (Å²) >= 11 is 0.880. The molecule has 16 heavy (non-hydrogen) atoms. The van der Waals surface area contributed by atoms with E-state index >= 15 is 0 Å². The van der Waals surface area contributed by atoms with Gasteiger partial charge in [0.05, 0.1) is 12.0 Å². The van der Waals surface area contributed by atoms with E-state index in [1.807, 2.05) is 0 Å². The van der Waals surface area contributed by atoms with Gasteiger partial charge in [0.15, 0.2) is 5.92 Å². The molecule has 7 heteroatoms. The zero-order chi connectivity index (χ0) is 12.2. The lowest BCUT2D eigenvalue weighted by Crippen LogP contribution is -2.32. The summed E-state index contributed by atoms with van der Waals surface area (Å²) in [4.78, 5) is 10.4. The second-order valence-electron chi connectivity index (χ2n) is 3.03. The lowest BCUT2D eigenvalue weighted by Gasteiger charge is -2.14. The fraction of sp³-hybridized carbons (Fsp3) is 0.444. The molecule has 0 bridgehead atoms. The molecule has 1 rings (SSSR count). The lowest BCUT2D eigenvalue weighted by atomic mass is 10.2. The fourth-order valence-electron chi connectivity index (χ4n) is 0.978. The number of rotatable bonds is 5. The highest BCUT2D eigenvalue weighted by Crippen LogP contribution is 2.30. The fourth-order valence-corrected chi connectivity index (χ4v) is 2.03. The van der Waals surface area contributed by atoms with Crippen LogP contribution in [0.3, 0.4) is 0 Å². The monoisotopic (exact) mass is 254 g/mol. The van der Waals surface area contributed by atoms with E-state index in [-0.39, 0.29) is 5.75 Å². The molecular weight excluding hydrogens is 245 g/mol. The van der Waals surface area contributed by atoms with Gasteiger partial charge in [0.25, 0.3) is 0 Å². The average Bonchev–Trinajstić information content (AvgIpc) is 2.61. The molecule has 0 saturated heterocycles. The van der Waals surface area contributed by atoms with Crippen LogP contribution in [0.15, 0.2) is 22.8 Å². The van der Waals surface area contributed by atoms with Crippen molar-refractivity contribution >= 4 is 17.7 Å². The molecule has 0 aliphatic carbocycles. The second kappa shape index (κ2) is 5.29. The summed E-state index contributed by atoms with van der Waals surface area (Å²) in [5.74, 6) is -3.94. The predicted molar refractivity (Wildman–Crippen MR) is 52.1 cm³/mol. The molecule has 0 fully saturated rings. The van der Waals surface area contributed by atoms with E-state index in [2.05, 4.69) is 0 Å². The standard InChI is InChI=1S/C9H9F3O3S/c10-9(11,12)7(8(13)14)5-16-4-6-2-1-3-15-6/h1-3,7H,4-5H2,(H,13,14). The first-order chi connectivity index (χ1) is 7.41. The van der Waals surface area contributed by atoms with Gasteiger partial charge in [-0.25, -0.2) is 0 Å². The molecule has 0 radical (unpaired) electrons. The van der Waals surface area contributed by atoms with E-state index in [0.29, 0.717) is 5.76 Å². The van der Waals surface area contributed by atoms with Gasteiger partial charge < -0.3 is 9.52 Å². The van der Waals surface area contributed by atoms with Crippen LogP contribution in [0, 0.1) is 5.92 Å². The third kappa shape index (κ3) is 3.80. The van der Waals surface area contributed by atoms with E-state index in [4.69, 9.17) is 9.52 Å². The Labute approximate surface area is 93.6 Å². The molecule has 0 aliphatic heterocycles. The summed E-state index contributed by atoms with van der Waals surface area (Å²) < 4.78 is 41.6. The van der Waals surface area contributed by atoms with Gasteiger partial charge >= 0.3 is 12.1 Å². The Morgan fingerprint density at radius 1 is 1.56 bits per heavy atom. The van der Waals surface area contributed by atoms with Crippen LogP contribution < -0.4 is 0 Å². The highest BCUT2D eigenvalue weighted by atomic mass is 32.2. The minimum Gasteiger partial charge on any atom is -0.481 e. The Bertz CT molecular complexity index is 334. The molecule has 0 saturated carbocycles. The summed E-state index contributed by atoms with van der Waals surface area (Å²) in [6, 6.07) is 3.24. The van der Waals surface area contributed by atoms with Gasteiger partial charge in [-0.15, -0.1) is 0 Å². The molecule has 0 aliphatic rings. The number of halogens is 3. The van der Waals surface area contributed by atoms with Crippen molar-refractivity contribution in [3.8, 4) is 0 Å². The van der Waals surface area contributed by atoms with Gasteiger partial charge in [0.1, 0.15) is 5.76 Å². The van der Waals surface area contributed by atoms with Gasteiger partial charge in [-0.05, 0) is 12.1 Å². The Kier molecular flexibility index (Phi) is 4.28. The molecule has 3 nitrogen and oxygen atoms in total. The topological polar surface area (TPSA) is 50.4 Å². The maximum atomic E-state index is 12.2. The van der Waals surface area contributed by atoms with Gasteiger partial charge in [0.2, 0.25) is 0 Å². The number of hydrogen-bond donors (Lipinski definition) is 1. The van der Waals surface area contributed by atoms with Crippen LogP contribution in [0.1, 0.15) is 5.76 Å². The van der Waals surface area contributed by atoms with E-state index in [1.54, 1.807) is 12.1 Å². The van der Waals surface area contributed by atoms with Crippen molar-refractivity contribution in [3.05, 3.63) is 24.2 Å². The number of aliphatic carboxylic acids is 1. The van der Waals surface area contributed by atoms with Crippen LogP contribution in [0.5, 0.6) is 0 Å². The van der Waals surface area contributed by atoms with E-state index < -0.39 is 23.8 Å². The minimum absolute atomic E-state index is 0.229. The zero-order valence-electron chi connectivity index (χ0n) is 8.03. The van der Waals surface area contributed by atoms with Crippen LogP contribution in [-0.4, -0.2) is 23.0 Å². The zero-order valence-corrected chi connectivity index (χ0v) is 8.85. The van der Waals surface area contributed by atoms with Crippen molar-refractivity contribution in [1.29, 1.82) is 0 Å². The first kappa shape index (κ1) is 13.0. The normalized spacial score (nSPS) is 13.7. The van der Waals surface area contributed by atoms with E-state index in [1.165, 1.54) is 6.26 Å². The number of thioether (sulfide) groups is 1. The smallest absolute Gasteiger partial charge is 0.403 e. The summed E-state index contributed by atoms with van der Waals surface area (Å²) in [5.41, 5.74) is 0. The number of carbonyl (C=O) groups is 1. The van der Waals surface area contributed by atoms with Gasteiger partial charge in [-0.1, -0.05) is 0 Å². The molecule has 0 aromatic carbocycles. The van der Waals surface area contributed by atoms with Crippen LogP contribution in [0.2, 0.25) is 0 Å². The van der Waals surface area contributed by atoms with Gasteiger partial charge in [-0.3, -0.25) is 4.79 Å². The Hall–Kier alpha value is -1.11. The summed E-state index contributed by atoms with van der Waals surface area (Å²) in [5, 5.41) is 8.41. The SMILES string of the molecule is O=C(O)C(CSCc1ccco1)C(F)(F)F. The Morgan fingerprint density at radius 3 is 2.69 bits per heavy atom. The molecule has 1 N–H and O–H groups in total. The van der Waals surface area contributed by atoms with Crippen molar-refractivity contribution in [2.24, 2.45) is 5.92 Å². The highest BCUT2D eigenvalue weighted by molar-refractivity contribution is 7.98. The molecule has 1 aromatic heterocycles. The largest absolute Gasteiger partial charge is 0.481 e. The van der Waals surface area contributed by atoms with E-state index in [0.717, 1.165) is 11.8 Å². The maximum absolute atomic E-state index is 12.2. The summed E-state index contributed by atoms with van der Waals surface area (Å²) in [7, 11) is 0. The molecule has 90 valence electrons. The second-order valence-corrected chi connectivity index (χ2v) is 4.06. The van der Waals surface area contributed by atoms with Crippen molar-refractivity contribution in [3.63, 3.8) is 0 Å². The maximum Gasteiger partial charge on any atom is 0.403 e.